The summed E-state index contributed by atoms with van der Waals surface area (Å²) >= 11 is 0. The molecule has 0 amide bonds. The molecule has 0 aromatic heterocycles. The van der Waals surface area contributed by atoms with Gasteiger partial charge >= 0.3 is 0 Å². The summed E-state index contributed by atoms with van der Waals surface area (Å²) < 4.78 is 5.34. The molecule has 0 aromatic carbocycles. The van der Waals surface area contributed by atoms with Crippen LogP contribution in [0.1, 0.15) is 103 Å². The Labute approximate surface area is 139 Å². The Kier molecular flexibility index (Phi) is 13.2. The van der Waals surface area contributed by atoms with Crippen molar-refractivity contribution in [3.05, 3.63) is 0 Å². The lowest BCUT2D eigenvalue weighted by atomic mass is 9.96. The van der Waals surface area contributed by atoms with Crippen LogP contribution in [0.15, 0.2) is 0 Å². The predicted octanol–water partition coefficient (Wildman–Crippen LogP) is 5.87. The molecule has 1 rings (SSSR count). The first kappa shape index (κ1) is 20.0. The Balaban J connectivity index is 1.72. The highest BCUT2D eigenvalue weighted by atomic mass is 16.5. The summed E-state index contributed by atoms with van der Waals surface area (Å²) in [5.41, 5.74) is 0. The van der Waals surface area contributed by atoms with Crippen LogP contribution in [0.25, 0.3) is 0 Å². The molecule has 0 aromatic rings. The number of rotatable bonds is 15. The summed E-state index contributed by atoms with van der Waals surface area (Å²) in [4.78, 5) is 0. The molecule has 2 unspecified atom stereocenters. The fourth-order valence-electron chi connectivity index (χ4n) is 3.46. The summed E-state index contributed by atoms with van der Waals surface area (Å²) in [5.74, 6) is 0.414. The Morgan fingerprint density at radius 3 is 1.77 bits per heavy atom. The molecule has 1 fully saturated rings. The molecule has 2 nitrogen and oxygen atoms in total. The van der Waals surface area contributed by atoms with Gasteiger partial charge in [0.15, 0.2) is 0 Å². The third kappa shape index (κ3) is 10.6. The van der Waals surface area contributed by atoms with Crippen molar-refractivity contribution in [2.75, 3.05) is 13.2 Å². The van der Waals surface area contributed by atoms with Crippen LogP contribution in [0.3, 0.4) is 0 Å². The zero-order chi connectivity index (χ0) is 15.9. The molecular weight excluding hydrogens is 272 g/mol. The van der Waals surface area contributed by atoms with E-state index in [4.69, 9.17) is 4.74 Å². The van der Waals surface area contributed by atoms with Gasteiger partial charge < -0.3 is 9.84 Å². The molecule has 1 heterocycles. The summed E-state index contributed by atoms with van der Waals surface area (Å²) in [6, 6.07) is 0. The van der Waals surface area contributed by atoms with Gasteiger partial charge in [0.05, 0.1) is 12.7 Å². The second-order valence-corrected chi connectivity index (χ2v) is 7.22. The first-order chi connectivity index (χ1) is 10.8. The van der Waals surface area contributed by atoms with E-state index in [-0.39, 0.29) is 6.10 Å². The molecule has 132 valence electrons. The highest BCUT2D eigenvalue weighted by Crippen LogP contribution is 2.21. The molecule has 0 bridgehead atoms. The van der Waals surface area contributed by atoms with Crippen molar-refractivity contribution in [1.82, 2.24) is 0 Å². The largest absolute Gasteiger partial charge is 0.393 e. The Morgan fingerprint density at radius 1 is 0.818 bits per heavy atom. The quantitative estimate of drug-likeness (QED) is 0.383. The zero-order valence-corrected chi connectivity index (χ0v) is 15.0. The van der Waals surface area contributed by atoms with Gasteiger partial charge in [0.1, 0.15) is 0 Å². The second-order valence-electron chi connectivity index (χ2n) is 7.22. The van der Waals surface area contributed by atoms with Crippen molar-refractivity contribution in [3.63, 3.8) is 0 Å². The first-order valence-corrected chi connectivity index (χ1v) is 10.1. The number of unbranched alkanes of at least 4 members (excludes halogenated alkanes) is 12. The topological polar surface area (TPSA) is 29.5 Å². The minimum atomic E-state index is -0.116. The van der Waals surface area contributed by atoms with Crippen LogP contribution >= 0.6 is 0 Å². The molecule has 0 aliphatic carbocycles. The number of aliphatic hydroxyl groups excluding tert-OH is 1. The highest BCUT2D eigenvalue weighted by molar-refractivity contribution is 4.72. The zero-order valence-electron chi connectivity index (χ0n) is 15.0. The van der Waals surface area contributed by atoms with Crippen LogP contribution in [0.5, 0.6) is 0 Å². The lowest BCUT2D eigenvalue weighted by molar-refractivity contribution is 0.0825. The van der Waals surface area contributed by atoms with Crippen molar-refractivity contribution in [2.24, 2.45) is 5.92 Å². The van der Waals surface area contributed by atoms with Gasteiger partial charge in [-0.15, -0.1) is 0 Å². The molecule has 1 saturated heterocycles. The fraction of sp³-hybridized carbons (Fsp3) is 1.00. The van der Waals surface area contributed by atoms with Crippen LogP contribution in [0.2, 0.25) is 0 Å². The molecular formula is C20H40O2. The van der Waals surface area contributed by atoms with E-state index in [2.05, 4.69) is 6.92 Å². The highest BCUT2D eigenvalue weighted by Gasteiger charge is 2.23. The normalized spacial score (nSPS) is 19.6. The third-order valence-electron chi connectivity index (χ3n) is 5.11. The van der Waals surface area contributed by atoms with Crippen LogP contribution in [0, 0.1) is 5.92 Å². The van der Waals surface area contributed by atoms with Crippen molar-refractivity contribution in [2.45, 2.75) is 109 Å². The Hall–Kier alpha value is -0.0800. The van der Waals surface area contributed by atoms with E-state index in [1.165, 1.54) is 83.5 Å². The molecule has 1 N–H and O–H groups in total. The van der Waals surface area contributed by atoms with E-state index < -0.39 is 0 Å². The van der Waals surface area contributed by atoms with E-state index in [0.717, 1.165) is 26.1 Å². The second kappa shape index (κ2) is 14.5. The average Bonchev–Trinajstić information content (AvgIpc) is 3.06. The van der Waals surface area contributed by atoms with E-state index in [1.54, 1.807) is 0 Å². The van der Waals surface area contributed by atoms with E-state index >= 15 is 0 Å². The SMILES string of the molecule is CCCCCCCCCCCCCCCC(O)C1CCOC1. The van der Waals surface area contributed by atoms with Gasteiger partial charge in [0.2, 0.25) is 0 Å². The van der Waals surface area contributed by atoms with Crippen molar-refractivity contribution < 1.29 is 9.84 Å². The Morgan fingerprint density at radius 2 is 1.32 bits per heavy atom. The number of aliphatic hydroxyl groups is 1. The van der Waals surface area contributed by atoms with Crippen molar-refractivity contribution in [3.8, 4) is 0 Å². The number of ether oxygens (including phenoxy) is 1. The maximum Gasteiger partial charge on any atom is 0.0591 e. The molecule has 1 aliphatic heterocycles. The lowest BCUT2D eigenvalue weighted by Crippen LogP contribution is -2.20. The third-order valence-corrected chi connectivity index (χ3v) is 5.11. The minimum Gasteiger partial charge on any atom is -0.393 e. The standard InChI is InChI=1S/C20H40O2/c1-2-3-4-5-6-7-8-9-10-11-12-13-14-15-20(21)19-16-17-22-18-19/h19-21H,2-18H2,1H3. The van der Waals surface area contributed by atoms with Crippen LogP contribution in [-0.2, 0) is 4.74 Å². The summed E-state index contributed by atoms with van der Waals surface area (Å²) in [5, 5.41) is 10.0. The number of hydrogen-bond acceptors (Lipinski definition) is 2. The number of hydrogen-bond donors (Lipinski definition) is 1. The molecule has 0 saturated carbocycles. The molecule has 22 heavy (non-hydrogen) atoms. The monoisotopic (exact) mass is 312 g/mol. The fourth-order valence-corrected chi connectivity index (χ4v) is 3.46. The molecule has 2 heteroatoms. The average molecular weight is 313 g/mol. The van der Waals surface area contributed by atoms with E-state index in [1.807, 2.05) is 0 Å². The van der Waals surface area contributed by atoms with Crippen LogP contribution < -0.4 is 0 Å². The Bertz CT molecular complexity index is 224. The van der Waals surface area contributed by atoms with Gasteiger partial charge in [-0.05, 0) is 12.8 Å². The van der Waals surface area contributed by atoms with Gasteiger partial charge in [-0.25, -0.2) is 0 Å². The van der Waals surface area contributed by atoms with Crippen LogP contribution in [0.4, 0.5) is 0 Å². The molecule has 1 aliphatic rings. The lowest BCUT2D eigenvalue weighted by Gasteiger charge is -2.15. The maximum absolute atomic E-state index is 10.0. The first-order valence-electron chi connectivity index (χ1n) is 10.1. The summed E-state index contributed by atoms with van der Waals surface area (Å²) in [6.45, 7) is 3.91. The van der Waals surface area contributed by atoms with Crippen LogP contribution in [-0.4, -0.2) is 24.4 Å². The molecule has 2 atom stereocenters. The van der Waals surface area contributed by atoms with Crippen molar-refractivity contribution in [1.29, 1.82) is 0 Å². The molecule has 0 spiro atoms. The minimum absolute atomic E-state index is 0.116. The van der Waals surface area contributed by atoms with Gasteiger partial charge in [-0.1, -0.05) is 90.4 Å². The van der Waals surface area contributed by atoms with Gasteiger partial charge in [0.25, 0.3) is 0 Å². The van der Waals surface area contributed by atoms with Gasteiger partial charge in [-0.2, -0.15) is 0 Å². The summed E-state index contributed by atoms with van der Waals surface area (Å²) in [6.07, 6.45) is 20.0. The van der Waals surface area contributed by atoms with E-state index in [9.17, 15) is 5.11 Å². The summed E-state index contributed by atoms with van der Waals surface area (Å²) in [7, 11) is 0. The smallest absolute Gasteiger partial charge is 0.0591 e. The molecule has 0 radical (unpaired) electrons. The predicted molar refractivity (Wildman–Crippen MR) is 95.2 cm³/mol. The van der Waals surface area contributed by atoms with E-state index in [0.29, 0.717) is 5.92 Å². The van der Waals surface area contributed by atoms with Gasteiger partial charge in [-0.3, -0.25) is 0 Å². The maximum atomic E-state index is 10.0. The van der Waals surface area contributed by atoms with Crippen molar-refractivity contribution >= 4 is 0 Å². The van der Waals surface area contributed by atoms with Gasteiger partial charge in [0, 0.05) is 12.5 Å².